The Kier molecular flexibility index (Phi) is 1.94. The lowest BCUT2D eigenvalue weighted by molar-refractivity contribution is 0.599. The van der Waals surface area contributed by atoms with Gasteiger partial charge in [0.2, 0.25) is 0 Å². The molecule has 0 spiro atoms. The van der Waals surface area contributed by atoms with E-state index >= 15 is 0 Å². The van der Waals surface area contributed by atoms with Crippen molar-refractivity contribution in [1.82, 2.24) is 0 Å². The fourth-order valence-corrected chi connectivity index (χ4v) is 2.98. The molecule has 2 aliphatic carbocycles. The average Bonchev–Trinajstić information content (AvgIpc) is 2.91. The largest absolute Gasteiger partial charge is 0.206 e. The number of hydrogen-bond donors (Lipinski definition) is 0. The molecule has 0 nitrogen and oxygen atoms in total. The second-order valence-corrected chi connectivity index (χ2v) is 5.30. The van der Waals surface area contributed by atoms with Crippen molar-refractivity contribution in [3.8, 4) is 0 Å². The van der Waals surface area contributed by atoms with Crippen LogP contribution < -0.4 is 0 Å². The van der Waals surface area contributed by atoms with Gasteiger partial charge in [-0.05, 0) is 76.7 Å². The van der Waals surface area contributed by atoms with E-state index < -0.39 is 0 Å². The molecular formula is C12H12BrF. The number of aryl methyl sites for hydroxylation is 1. The van der Waals surface area contributed by atoms with Gasteiger partial charge in [-0.1, -0.05) is 0 Å². The SMILES string of the molecule is Fc1cc2c(cc1Br)C(C1CC1)CC2. The highest BCUT2D eigenvalue weighted by Crippen LogP contribution is 2.49. The molecule has 0 radical (unpaired) electrons. The zero-order valence-electron chi connectivity index (χ0n) is 7.89. The third-order valence-corrected chi connectivity index (χ3v) is 4.11. The lowest BCUT2D eigenvalue weighted by Crippen LogP contribution is -1.96. The molecule has 1 unspecified atom stereocenters. The second-order valence-electron chi connectivity index (χ2n) is 4.45. The fourth-order valence-electron chi connectivity index (χ4n) is 2.62. The number of rotatable bonds is 1. The summed E-state index contributed by atoms with van der Waals surface area (Å²) < 4.78 is 13.9. The zero-order chi connectivity index (χ0) is 9.71. The van der Waals surface area contributed by atoms with Crippen molar-refractivity contribution >= 4 is 15.9 Å². The minimum absolute atomic E-state index is 0.111. The number of fused-ring (bicyclic) bond motifs is 1. The summed E-state index contributed by atoms with van der Waals surface area (Å²) in [7, 11) is 0. The number of benzene rings is 1. The van der Waals surface area contributed by atoms with Gasteiger partial charge in [0.15, 0.2) is 0 Å². The van der Waals surface area contributed by atoms with Crippen molar-refractivity contribution in [2.75, 3.05) is 0 Å². The summed E-state index contributed by atoms with van der Waals surface area (Å²) in [6.45, 7) is 0. The molecule has 1 saturated carbocycles. The molecule has 14 heavy (non-hydrogen) atoms. The fraction of sp³-hybridized carbons (Fsp3) is 0.500. The Bertz CT molecular complexity index is 382. The summed E-state index contributed by atoms with van der Waals surface area (Å²) in [4.78, 5) is 0. The molecule has 1 atom stereocenters. The van der Waals surface area contributed by atoms with Crippen molar-refractivity contribution in [3.05, 3.63) is 33.5 Å². The van der Waals surface area contributed by atoms with Crippen LogP contribution in [0.1, 0.15) is 36.3 Å². The van der Waals surface area contributed by atoms with Gasteiger partial charge in [-0.3, -0.25) is 0 Å². The van der Waals surface area contributed by atoms with Crippen LogP contribution in [0.5, 0.6) is 0 Å². The van der Waals surface area contributed by atoms with Gasteiger partial charge in [-0.2, -0.15) is 0 Å². The van der Waals surface area contributed by atoms with Gasteiger partial charge in [0.1, 0.15) is 5.82 Å². The summed E-state index contributed by atoms with van der Waals surface area (Å²) in [5, 5.41) is 0. The number of halogens is 2. The third kappa shape index (κ3) is 1.31. The van der Waals surface area contributed by atoms with Crippen LogP contribution in [-0.4, -0.2) is 0 Å². The molecule has 0 bridgehead atoms. The first-order valence-electron chi connectivity index (χ1n) is 5.23. The molecule has 74 valence electrons. The molecule has 1 fully saturated rings. The van der Waals surface area contributed by atoms with Crippen LogP contribution in [0.2, 0.25) is 0 Å². The summed E-state index contributed by atoms with van der Waals surface area (Å²) >= 11 is 3.27. The first-order valence-corrected chi connectivity index (χ1v) is 6.03. The first kappa shape index (κ1) is 8.90. The summed E-state index contributed by atoms with van der Waals surface area (Å²) in [6.07, 6.45) is 5.05. The molecule has 2 aliphatic rings. The van der Waals surface area contributed by atoms with E-state index in [-0.39, 0.29) is 5.82 Å². The van der Waals surface area contributed by atoms with Crippen molar-refractivity contribution in [1.29, 1.82) is 0 Å². The van der Waals surface area contributed by atoms with E-state index in [2.05, 4.69) is 15.9 Å². The molecule has 0 amide bonds. The molecule has 1 aromatic rings. The van der Waals surface area contributed by atoms with Gasteiger partial charge in [0.25, 0.3) is 0 Å². The van der Waals surface area contributed by atoms with Gasteiger partial charge in [0, 0.05) is 0 Å². The topological polar surface area (TPSA) is 0 Å². The van der Waals surface area contributed by atoms with E-state index in [1.54, 1.807) is 6.07 Å². The third-order valence-electron chi connectivity index (χ3n) is 3.50. The molecule has 0 N–H and O–H groups in total. The minimum atomic E-state index is -0.111. The molecule has 0 heterocycles. The van der Waals surface area contributed by atoms with Crippen LogP contribution >= 0.6 is 15.9 Å². The zero-order valence-corrected chi connectivity index (χ0v) is 9.48. The lowest BCUT2D eigenvalue weighted by atomic mass is 9.96. The Balaban J connectivity index is 2.05. The summed E-state index contributed by atoms with van der Waals surface area (Å²) in [6, 6.07) is 3.71. The summed E-state index contributed by atoms with van der Waals surface area (Å²) in [5.41, 5.74) is 2.64. The van der Waals surface area contributed by atoms with E-state index in [1.807, 2.05) is 6.07 Å². The highest BCUT2D eigenvalue weighted by molar-refractivity contribution is 9.10. The minimum Gasteiger partial charge on any atom is -0.206 e. The average molecular weight is 255 g/mol. The molecule has 3 rings (SSSR count). The van der Waals surface area contributed by atoms with Crippen LogP contribution in [0.4, 0.5) is 4.39 Å². The Hall–Kier alpha value is -0.370. The maximum Gasteiger partial charge on any atom is 0.137 e. The predicted octanol–water partition coefficient (Wildman–Crippen LogP) is 4.03. The van der Waals surface area contributed by atoms with Gasteiger partial charge >= 0.3 is 0 Å². The smallest absolute Gasteiger partial charge is 0.137 e. The standard InChI is InChI=1S/C12H12BrF/c13-11-6-10-8(5-12(11)14)3-4-9(10)7-1-2-7/h5-7,9H,1-4H2. The van der Waals surface area contributed by atoms with Gasteiger partial charge in [0.05, 0.1) is 4.47 Å². The van der Waals surface area contributed by atoms with Gasteiger partial charge in [-0.25, -0.2) is 4.39 Å². The normalized spacial score (nSPS) is 25.1. The first-order chi connectivity index (χ1) is 6.75. The molecule has 2 heteroatoms. The Morgan fingerprint density at radius 1 is 1.21 bits per heavy atom. The van der Waals surface area contributed by atoms with Crippen LogP contribution in [-0.2, 0) is 6.42 Å². The van der Waals surface area contributed by atoms with Crippen LogP contribution in [0.3, 0.4) is 0 Å². The monoisotopic (exact) mass is 254 g/mol. The van der Waals surface area contributed by atoms with Crippen molar-refractivity contribution in [2.24, 2.45) is 5.92 Å². The Morgan fingerprint density at radius 3 is 2.71 bits per heavy atom. The van der Waals surface area contributed by atoms with E-state index in [9.17, 15) is 4.39 Å². The maximum absolute atomic E-state index is 13.3. The van der Waals surface area contributed by atoms with E-state index in [0.717, 1.165) is 18.3 Å². The Morgan fingerprint density at radius 2 is 2.00 bits per heavy atom. The molecule has 0 aliphatic heterocycles. The summed E-state index contributed by atoms with van der Waals surface area (Å²) in [5.74, 6) is 1.51. The molecular weight excluding hydrogens is 243 g/mol. The molecule has 1 aromatic carbocycles. The van der Waals surface area contributed by atoms with Crippen molar-refractivity contribution < 1.29 is 4.39 Å². The molecule has 0 saturated heterocycles. The van der Waals surface area contributed by atoms with Crippen LogP contribution in [0, 0.1) is 11.7 Å². The molecule has 0 aromatic heterocycles. The van der Waals surface area contributed by atoms with E-state index in [1.165, 1.54) is 30.4 Å². The number of hydrogen-bond acceptors (Lipinski definition) is 0. The van der Waals surface area contributed by atoms with Gasteiger partial charge < -0.3 is 0 Å². The van der Waals surface area contributed by atoms with Crippen LogP contribution in [0.15, 0.2) is 16.6 Å². The van der Waals surface area contributed by atoms with E-state index in [0.29, 0.717) is 4.47 Å². The second kappa shape index (κ2) is 3.06. The van der Waals surface area contributed by atoms with Crippen LogP contribution in [0.25, 0.3) is 0 Å². The van der Waals surface area contributed by atoms with Crippen molar-refractivity contribution in [2.45, 2.75) is 31.6 Å². The quantitative estimate of drug-likeness (QED) is 0.710. The Labute approximate surface area is 91.6 Å². The highest BCUT2D eigenvalue weighted by Gasteiger charge is 2.36. The maximum atomic E-state index is 13.3. The predicted molar refractivity (Wildman–Crippen MR) is 57.9 cm³/mol. The van der Waals surface area contributed by atoms with Crippen molar-refractivity contribution in [3.63, 3.8) is 0 Å². The van der Waals surface area contributed by atoms with Gasteiger partial charge in [-0.15, -0.1) is 0 Å². The highest BCUT2D eigenvalue weighted by atomic mass is 79.9. The van der Waals surface area contributed by atoms with E-state index in [4.69, 9.17) is 0 Å². The lowest BCUT2D eigenvalue weighted by Gasteiger charge is -2.10.